The van der Waals surface area contributed by atoms with Gasteiger partial charge < -0.3 is 19.4 Å². The minimum Gasteiger partial charge on any atom is -0.463 e. The smallest absolute Gasteiger partial charge is 0.318 e. The Kier molecular flexibility index (Phi) is 8.26. The minimum atomic E-state index is -0.708. The van der Waals surface area contributed by atoms with Crippen molar-refractivity contribution in [2.45, 2.75) is 64.7 Å². The first-order valence-electron chi connectivity index (χ1n) is 16.6. The SMILES string of the molecule is CC=CN1CCN(c2nc(OCC3(CN4CC[C@@H](F)C4)CC3)nc3c2CCN(c2cccc4cccc(C)c24)C3)CC1CC#N. The van der Waals surface area contributed by atoms with Gasteiger partial charge in [-0.3, -0.25) is 4.90 Å². The van der Waals surface area contributed by atoms with E-state index in [-0.39, 0.29) is 11.5 Å². The minimum absolute atomic E-state index is 0.0615. The number of nitriles is 1. The van der Waals surface area contributed by atoms with E-state index >= 15 is 0 Å². The summed E-state index contributed by atoms with van der Waals surface area (Å²) in [7, 11) is 0. The molecule has 1 aromatic heterocycles. The van der Waals surface area contributed by atoms with Gasteiger partial charge in [0.2, 0.25) is 0 Å². The number of piperazine rings is 1. The fourth-order valence-electron chi connectivity index (χ4n) is 7.57. The summed E-state index contributed by atoms with van der Waals surface area (Å²) in [6.07, 6.45) is 7.57. The van der Waals surface area contributed by atoms with Gasteiger partial charge >= 0.3 is 6.01 Å². The van der Waals surface area contributed by atoms with Gasteiger partial charge in [-0.25, -0.2) is 4.39 Å². The molecule has 1 saturated carbocycles. The molecule has 8 nitrogen and oxygen atoms in total. The number of ether oxygens (including phenoxy) is 1. The Bertz CT molecular complexity index is 1610. The Morgan fingerprint density at radius 3 is 2.67 bits per heavy atom. The van der Waals surface area contributed by atoms with Crippen LogP contribution < -0.4 is 14.5 Å². The zero-order valence-electron chi connectivity index (χ0n) is 26.6. The van der Waals surface area contributed by atoms with Gasteiger partial charge in [-0.05, 0) is 62.7 Å². The van der Waals surface area contributed by atoms with Crippen LogP contribution >= 0.6 is 0 Å². The normalized spacial score (nSPS) is 23.0. The summed E-state index contributed by atoms with van der Waals surface area (Å²) in [4.78, 5) is 19.5. The van der Waals surface area contributed by atoms with Crippen molar-refractivity contribution in [1.82, 2.24) is 19.8 Å². The highest BCUT2D eigenvalue weighted by atomic mass is 19.1. The molecule has 0 N–H and O–H groups in total. The van der Waals surface area contributed by atoms with Crippen molar-refractivity contribution < 1.29 is 9.13 Å². The Hall–Kier alpha value is -3.90. The average Bonchev–Trinajstić information content (AvgIpc) is 3.70. The number of nitrogens with zero attached hydrogens (tertiary/aromatic N) is 7. The van der Waals surface area contributed by atoms with E-state index in [0.717, 1.165) is 70.0 Å². The molecule has 2 atom stereocenters. The van der Waals surface area contributed by atoms with E-state index in [0.29, 0.717) is 38.5 Å². The predicted molar refractivity (Wildman–Crippen MR) is 176 cm³/mol. The van der Waals surface area contributed by atoms with Crippen molar-refractivity contribution in [2.24, 2.45) is 5.41 Å². The first-order chi connectivity index (χ1) is 21.9. The number of likely N-dealkylation sites (tertiary alicyclic amines) is 1. The Labute approximate surface area is 266 Å². The molecule has 0 radical (unpaired) electrons. The summed E-state index contributed by atoms with van der Waals surface area (Å²) < 4.78 is 20.4. The number of benzene rings is 2. The lowest BCUT2D eigenvalue weighted by molar-refractivity contribution is 0.164. The first kappa shape index (κ1) is 29.8. The molecule has 7 rings (SSSR count). The Balaban J connectivity index is 1.19. The number of allylic oxidation sites excluding steroid dienone is 1. The largest absolute Gasteiger partial charge is 0.463 e. The summed E-state index contributed by atoms with van der Waals surface area (Å²) >= 11 is 0. The molecule has 236 valence electrons. The molecule has 4 aliphatic rings. The van der Waals surface area contributed by atoms with Crippen molar-refractivity contribution in [1.29, 1.82) is 5.26 Å². The van der Waals surface area contributed by atoms with E-state index in [9.17, 15) is 9.65 Å². The van der Waals surface area contributed by atoms with Gasteiger partial charge in [0.15, 0.2) is 0 Å². The molecule has 4 heterocycles. The number of fused-ring (bicyclic) bond motifs is 2. The van der Waals surface area contributed by atoms with Crippen LogP contribution in [-0.4, -0.2) is 84.4 Å². The third-order valence-electron chi connectivity index (χ3n) is 10.2. The second-order valence-electron chi connectivity index (χ2n) is 13.5. The fourth-order valence-corrected chi connectivity index (χ4v) is 7.57. The predicted octanol–water partition coefficient (Wildman–Crippen LogP) is 5.64. The number of halogens is 1. The van der Waals surface area contributed by atoms with Crippen LogP contribution in [0.1, 0.15) is 49.4 Å². The van der Waals surface area contributed by atoms with Crippen LogP contribution in [0.15, 0.2) is 48.7 Å². The summed E-state index contributed by atoms with van der Waals surface area (Å²) in [6, 6.07) is 16.0. The Morgan fingerprint density at radius 1 is 1.07 bits per heavy atom. The standard InChI is InChI=1S/C36H44FN7O/c1-3-16-42-19-20-44(22-29(42)10-15-38)34-30-12-18-43(32-9-5-8-27-7-4-6-26(2)33(27)32)23-31(30)39-35(40-34)45-25-36(13-14-36)24-41-17-11-28(37)21-41/h3-9,16,28-29H,10-14,17-25H2,1-2H3/t28-,29?/m1/s1. The lowest BCUT2D eigenvalue weighted by Gasteiger charge is -2.42. The molecule has 0 spiro atoms. The fraction of sp³-hybridized carbons (Fsp3) is 0.528. The second kappa shape index (κ2) is 12.5. The monoisotopic (exact) mass is 609 g/mol. The maximum Gasteiger partial charge on any atom is 0.318 e. The number of hydrogen-bond acceptors (Lipinski definition) is 8. The molecule has 0 bridgehead atoms. The molecule has 3 aliphatic heterocycles. The van der Waals surface area contributed by atoms with E-state index in [1.807, 2.05) is 13.0 Å². The third-order valence-corrected chi connectivity index (χ3v) is 10.2. The van der Waals surface area contributed by atoms with Gasteiger partial charge in [-0.1, -0.05) is 36.4 Å². The van der Waals surface area contributed by atoms with Crippen LogP contribution in [-0.2, 0) is 13.0 Å². The van der Waals surface area contributed by atoms with Crippen LogP contribution in [0, 0.1) is 23.7 Å². The third kappa shape index (κ3) is 6.17. The summed E-state index contributed by atoms with van der Waals surface area (Å²) in [5.41, 5.74) is 4.78. The molecular weight excluding hydrogens is 565 g/mol. The van der Waals surface area contributed by atoms with Crippen LogP contribution in [0.25, 0.3) is 10.8 Å². The maximum atomic E-state index is 13.9. The summed E-state index contributed by atoms with van der Waals surface area (Å²) in [5.74, 6) is 0.955. The maximum absolute atomic E-state index is 13.9. The zero-order valence-corrected chi connectivity index (χ0v) is 26.6. The topological polar surface area (TPSA) is 71.8 Å². The highest BCUT2D eigenvalue weighted by molar-refractivity contribution is 5.97. The number of alkyl halides is 1. The van der Waals surface area contributed by atoms with Crippen LogP contribution in [0.3, 0.4) is 0 Å². The molecular formula is C36H44FN7O. The molecule has 0 amide bonds. The zero-order chi connectivity index (χ0) is 31.0. The number of hydrogen-bond donors (Lipinski definition) is 0. The molecule has 2 aromatic carbocycles. The van der Waals surface area contributed by atoms with E-state index in [1.165, 1.54) is 27.6 Å². The van der Waals surface area contributed by atoms with E-state index in [4.69, 9.17) is 14.7 Å². The van der Waals surface area contributed by atoms with E-state index in [2.05, 4.69) is 75.2 Å². The van der Waals surface area contributed by atoms with Crippen LogP contribution in [0.5, 0.6) is 6.01 Å². The van der Waals surface area contributed by atoms with Gasteiger partial charge in [0.1, 0.15) is 12.0 Å². The van der Waals surface area contributed by atoms with Crippen molar-refractivity contribution in [3.8, 4) is 12.1 Å². The van der Waals surface area contributed by atoms with Crippen molar-refractivity contribution in [2.75, 3.05) is 62.2 Å². The second-order valence-corrected chi connectivity index (χ2v) is 13.5. The average molecular weight is 610 g/mol. The molecule has 9 heteroatoms. The molecule has 1 unspecified atom stereocenters. The molecule has 1 aliphatic carbocycles. The highest BCUT2D eigenvalue weighted by Gasteiger charge is 2.46. The number of aryl methyl sites for hydroxylation is 1. The number of anilines is 2. The van der Waals surface area contributed by atoms with Crippen LogP contribution in [0.2, 0.25) is 0 Å². The molecule has 3 aromatic rings. The van der Waals surface area contributed by atoms with Crippen LogP contribution in [0.4, 0.5) is 15.9 Å². The first-order valence-corrected chi connectivity index (χ1v) is 16.6. The summed E-state index contributed by atoms with van der Waals surface area (Å²) in [5, 5.41) is 12.1. The molecule has 3 fully saturated rings. The van der Waals surface area contributed by atoms with Gasteiger partial charge in [-0.15, -0.1) is 0 Å². The van der Waals surface area contributed by atoms with Crippen molar-refractivity contribution >= 4 is 22.3 Å². The van der Waals surface area contributed by atoms with E-state index in [1.54, 1.807) is 0 Å². The molecule has 2 saturated heterocycles. The Morgan fingerprint density at radius 2 is 1.91 bits per heavy atom. The van der Waals surface area contributed by atoms with Gasteiger partial charge in [0.05, 0.1) is 37.4 Å². The van der Waals surface area contributed by atoms with Crippen molar-refractivity contribution in [3.05, 3.63) is 65.5 Å². The van der Waals surface area contributed by atoms with Gasteiger partial charge in [0.25, 0.3) is 0 Å². The van der Waals surface area contributed by atoms with Gasteiger partial charge in [-0.2, -0.15) is 15.2 Å². The van der Waals surface area contributed by atoms with E-state index < -0.39 is 6.17 Å². The highest BCUT2D eigenvalue weighted by Crippen LogP contribution is 2.47. The quantitative estimate of drug-likeness (QED) is 0.309. The summed E-state index contributed by atoms with van der Waals surface area (Å²) in [6.45, 7) is 11.0. The van der Waals surface area contributed by atoms with Crippen molar-refractivity contribution in [3.63, 3.8) is 0 Å². The number of rotatable bonds is 9. The number of aromatic nitrogens is 2. The van der Waals surface area contributed by atoms with Gasteiger partial charge in [0, 0.05) is 67.9 Å². The molecule has 45 heavy (non-hydrogen) atoms. The lowest BCUT2D eigenvalue weighted by Crippen LogP contribution is -2.51. The lowest BCUT2D eigenvalue weighted by atomic mass is 9.99.